The fraction of sp³-hybridized carbons (Fsp3) is 0.368. The number of nitrogens with one attached hydrogen (secondary N) is 3. The Balaban J connectivity index is 1.85. The van der Waals surface area contributed by atoms with Gasteiger partial charge in [-0.1, -0.05) is 11.8 Å². The predicted molar refractivity (Wildman–Crippen MR) is 110 cm³/mol. The number of carbonyl (C=O) groups excluding carboxylic acids is 1. The molecule has 0 saturated heterocycles. The highest BCUT2D eigenvalue weighted by Crippen LogP contribution is 2.39. The Bertz CT molecular complexity index is 933. The standard InChI is InChI=1S/C19H22F3N5O2S/c1-8-15(18(25)30-16(8)19(28)27-13-5-11(13)23)17(24)26-12-3-2-9(22)4-14(12)29-10(6-20)7-21/h2-4,10-11,13,25-26H,5-7,23-24H2,1H3,(H,27,28)/b17-15+,25-18?/t11-,13-/m1/s1. The van der Waals surface area contributed by atoms with Gasteiger partial charge in [0.25, 0.3) is 5.91 Å². The second kappa shape index (κ2) is 9.00. The Morgan fingerprint density at radius 1 is 1.40 bits per heavy atom. The number of amides is 1. The summed E-state index contributed by atoms with van der Waals surface area (Å²) in [5, 5.41) is 13.9. The molecule has 1 aromatic carbocycles. The first-order valence-corrected chi connectivity index (χ1v) is 9.96. The van der Waals surface area contributed by atoms with Crippen LogP contribution in [0.4, 0.5) is 18.9 Å². The summed E-state index contributed by atoms with van der Waals surface area (Å²) in [7, 11) is 0. The number of hydrogen-bond acceptors (Lipinski definition) is 7. The van der Waals surface area contributed by atoms with Gasteiger partial charge in [0, 0.05) is 18.2 Å². The summed E-state index contributed by atoms with van der Waals surface area (Å²) in [4.78, 5) is 12.8. The molecule has 1 aliphatic carbocycles. The number of hydrogen-bond donors (Lipinski definition) is 5. The number of halogens is 3. The summed E-state index contributed by atoms with van der Waals surface area (Å²) in [5.41, 5.74) is 12.8. The topological polar surface area (TPSA) is 126 Å². The van der Waals surface area contributed by atoms with E-state index in [4.69, 9.17) is 21.6 Å². The molecule has 11 heteroatoms. The van der Waals surface area contributed by atoms with Crippen molar-refractivity contribution in [1.29, 1.82) is 5.41 Å². The van der Waals surface area contributed by atoms with E-state index >= 15 is 0 Å². The molecule has 3 rings (SSSR count). The van der Waals surface area contributed by atoms with Crippen molar-refractivity contribution in [2.75, 3.05) is 18.7 Å². The molecule has 30 heavy (non-hydrogen) atoms. The molecule has 0 spiro atoms. The molecule has 162 valence electrons. The number of rotatable bonds is 8. The molecule has 1 heterocycles. The van der Waals surface area contributed by atoms with E-state index in [1.807, 2.05) is 0 Å². The van der Waals surface area contributed by atoms with Gasteiger partial charge in [0.05, 0.1) is 16.2 Å². The van der Waals surface area contributed by atoms with E-state index in [2.05, 4.69) is 10.6 Å². The average molecular weight is 441 g/mol. The van der Waals surface area contributed by atoms with Crippen LogP contribution < -0.4 is 26.8 Å². The highest BCUT2D eigenvalue weighted by Gasteiger charge is 2.37. The first-order valence-electron chi connectivity index (χ1n) is 9.14. The second-order valence-corrected chi connectivity index (χ2v) is 7.99. The maximum atomic E-state index is 13.6. The quantitative estimate of drug-likeness (QED) is 0.421. The number of alkyl halides is 2. The van der Waals surface area contributed by atoms with Crippen molar-refractivity contribution in [3.63, 3.8) is 0 Å². The molecule has 0 aromatic heterocycles. The number of thioether (sulfide) groups is 1. The van der Waals surface area contributed by atoms with Crippen molar-refractivity contribution < 1.29 is 22.7 Å². The zero-order chi connectivity index (χ0) is 22.0. The maximum Gasteiger partial charge on any atom is 0.258 e. The van der Waals surface area contributed by atoms with E-state index in [0.29, 0.717) is 22.5 Å². The van der Waals surface area contributed by atoms with E-state index in [9.17, 15) is 18.0 Å². The second-order valence-electron chi connectivity index (χ2n) is 6.97. The molecule has 1 aromatic rings. The number of carbonyl (C=O) groups is 1. The summed E-state index contributed by atoms with van der Waals surface area (Å²) in [6, 6.07) is 3.28. The molecule has 1 amide bonds. The maximum absolute atomic E-state index is 13.6. The van der Waals surface area contributed by atoms with Crippen molar-refractivity contribution in [1.82, 2.24) is 5.32 Å². The molecular weight excluding hydrogens is 419 g/mol. The minimum atomic E-state index is -1.38. The number of allylic oxidation sites excluding steroid dienone is 1. The van der Waals surface area contributed by atoms with Crippen LogP contribution in [-0.2, 0) is 4.79 Å². The highest BCUT2D eigenvalue weighted by molar-refractivity contribution is 8.18. The predicted octanol–water partition coefficient (Wildman–Crippen LogP) is 2.31. The normalized spacial score (nSPS) is 22.4. The Labute approximate surface area is 175 Å². The van der Waals surface area contributed by atoms with Crippen molar-refractivity contribution in [2.45, 2.75) is 31.5 Å². The summed E-state index contributed by atoms with van der Waals surface area (Å²) in [5.74, 6) is -1.10. The fourth-order valence-electron chi connectivity index (χ4n) is 2.86. The molecule has 1 fully saturated rings. The van der Waals surface area contributed by atoms with E-state index in [0.717, 1.165) is 23.9 Å². The Kier molecular flexibility index (Phi) is 6.61. The molecule has 0 radical (unpaired) electrons. The van der Waals surface area contributed by atoms with Crippen molar-refractivity contribution >= 4 is 28.4 Å². The minimum absolute atomic E-state index is 0.0180. The molecule has 2 atom stereocenters. The van der Waals surface area contributed by atoms with E-state index in [1.54, 1.807) is 6.92 Å². The lowest BCUT2D eigenvalue weighted by Gasteiger charge is -2.18. The van der Waals surface area contributed by atoms with Crippen LogP contribution in [0.2, 0.25) is 0 Å². The number of nitrogens with two attached hydrogens (primary N) is 2. The van der Waals surface area contributed by atoms with Gasteiger partial charge in [0.15, 0.2) is 6.10 Å². The summed E-state index contributed by atoms with van der Waals surface area (Å²) >= 11 is 0.966. The molecular formula is C19H22F3N5O2S. The fourth-order valence-corrected chi connectivity index (χ4v) is 3.83. The van der Waals surface area contributed by atoms with Gasteiger partial charge in [-0.05, 0) is 31.1 Å². The largest absolute Gasteiger partial charge is 0.483 e. The van der Waals surface area contributed by atoms with Crippen molar-refractivity contribution in [3.8, 4) is 5.75 Å². The van der Waals surface area contributed by atoms with Crippen LogP contribution in [-0.4, -0.2) is 42.5 Å². The minimum Gasteiger partial charge on any atom is -0.483 e. The van der Waals surface area contributed by atoms with Gasteiger partial charge < -0.3 is 26.8 Å². The smallest absolute Gasteiger partial charge is 0.258 e. The van der Waals surface area contributed by atoms with E-state index in [1.165, 1.54) is 6.07 Å². The summed E-state index contributed by atoms with van der Waals surface area (Å²) in [6.45, 7) is -0.519. The van der Waals surface area contributed by atoms with Crippen LogP contribution in [0.15, 0.2) is 40.1 Å². The molecule has 7 nitrogen and oxygen atoms in total. The third-order valence-corrected chi connectivity index (χ3v) is 5.73. The average Bonchev–Trinajstić information content (AvgIpc) is 3.30. The van der Waals surface area contributed by atoms with Crippen LogP contribution in [0.1, 0.15) is 13.3 Å². The lowest BCUT2D eigenvalue weighted by molar-refractivity contribution is -0.117. The first kappa shape index (κ1) is 22.0. The monoisotopic (exact) mass is 441 g/mol. The molecule has 0 bridgehead atoms. The van der Waals surface area contributed by atoms with Crippen LogP contribution in [0, 0.1) is 11.2 Å². The third kappa shape index (κ3) is 4.73. The van der Waals surface area contributed by atoms with Gasteiger partial charge >= 0.3 is 0 Å². The SMILES string of the molecule is CC1=C(C(=O)N[C@@H]2C[C@H]2N)SC(=N)/C1=C(\N)Nc1ccc(F)cc1OC(CF)CF. The van der Waals surface area contributed by atoms with Crippen LogP contribution in [0.5, 0.6) is 5.75 Å². The van der Waals surface area contributed by atoms with Crippen LogP contribution >= 0.6 is 11.8 Å². The van der Waals surface area contributed by atoms with Gasteiger partial charge in [0.2, 0.25) is 0 Å². The molecule has 2 aliphatic rings. The first-order chi connectivity index (χ1) is 14.2. The van der Waals surface area contributed by atoms with E-state index < -0.39 is 25.3 Å². The molecule has 1 aliphatic heterocycles. The highest BCUT2D eigenvalue weighted by atomic mass is 32.2. The molecule has 0 unspecified atom stereocenters. The molecule has 1 saturated carbocycles. The Hall–Kier alpha value is -2.66. The Morgan fingerprint density at radius 2 is 2.07 bits per heavy atom. The zero-order valence-corrected chi connectivity index (χ0v) is 16.9. The van der Waals surface area contributed by atoms with E-state index in [-0.39, 0.29) is 40.3 Å². The summed E-state index contributed by atoms with van der Waals surface area (Å²) < 4.78 is 44.4. The van der Waals surface area contributed by atoms with Crippen molar-refractivity contribution in [3.05, 3.63) is 45.9 Å². The van der Waals surface area contributed by atoms with Gasteiger partial charge in [-0.3, -0.25) is 10.2 Å². The lowest BCUT2D eigenvalue weighted by Crippen LogP contribution is -2.30. The number of benzene rings is 1. The van der Waals surface area contributed by atoms with Gasteiger partial charge in [-0.15, -0.1) is 0 Å². The number of anilines is 1. The van der Waals surface area contributed by atoms with Gasteiger partial charge in [0.1, 0.15) is 35.8 Å². The Morgan fingerprint density at radius 3 is 2.67 bits per heavy atom. The van der Waals surface area contributed by atoms with Gasteiger partial charge in [-0.2, -0.15) is 0 Å². The van der Waals surface area contributed by atoms with Crippen molar-refractivity contribution in [2.24, 2.45) is 11.5 Å². The molecule has 7 N–H and O–H groups in total. The number of ether oxygens (including phenoxy) is 1. The van der Waals surface area contributed by atoms with Gasteiger partial charge in [-0.25, -0.2) is 13.2 Å². The third-order valence-electron chi connectivity index (χ3n) is 4.63. The zero-order valence-electron chi connectivity index (χ0n) is 16.1. The summed E-state index contributed by atoms with van der Waals surface area (Å²) in [6.07, 6.45) is -0.675. The lowest BCUT2D eigenvalue weighted by atomic mass is 10.1. The van der Waals surface area contributed by atoms with Crippen LogP contribution in [0.25, 0.3) is 0 Å². The van der Waals surface area contributed by atoms with Crippen LogP contribution in [0.3, 0.4) is 0 Å².